The lowest BCUT2D eigenvalue weighted by atomic mass is 10.0. The van der Waals surface area contributed by atoms with Crippen molar-refractivity contribution < 1.29 is 19.6 Å². The molecule has 17 heavy (non-hydrogen) atoms. The fourth-order valence-electron chi connectivity index (χ4n) is 1.47. The van der Waals surface area contributed by atoms with Gasteiger partial charge in [-0.3, -0.25) is 14.9 Å². The van der Waals surface area contributed by atoms with E-state index in [1.807, 2.05) is 0 Å². The summed E-state index contributed by atoms with van der Waals surface area (Å²) in [7, 11) is 0. The van der Waals surface area contributed by atoms with E-state index in [4.69, 9.17) is 5.11 Å². The van der Waals surface area contributed by atoms with E-state index in [1.165, 1.54) is 19.9 Å². The topological polar surface area (TPSA) is 110 Å². The van der Waals surface area contributed by atoms with Gasteiger partial charge in [-0.05, 0) is 13.0 Å². The molecule has 2 N–H and O–H groups in total. The highest BCUT2D eigenvalue weighted by molar-refractivity contribution is 6.01. The lowest BCUT2D eigenvalue weighted by molar-refractivity contribution is -0.385. The van der Waals surface area contributed by atoms with Gasteiger partial charge in [0.25, 0.3) is 5.69 Å². The lowest BCUT2D eigenvalue weighted by Crippen LogP contribution is -2.13. The number of benzene rings is 1. The summed E-state index contributed by atoms with van der Waals surface area (Å²) in [5.41, 5.74) is -0.507. The first-order chi connectivity index (χ1) is 7.84. The standard InChI is InChI=1S/C10H10N2O5/c1-5-8(12(16)17)4-3-7(11-6(2)13)9(5)10(14)15/h3-4H,1-2H3,(H,11,13)(H,14,15). The number of carboxylic acid groups (broad SMARTS) is 1. The van der Waals surface area contributed by atoms with Gasteiger partial charge < -0.3 is 10.4 Å². The summed E-state index contributed by atoms with van der Waals surface area (Å²) >= 11 is 0. The second kappa shape index (κ2) is 4.60. The summed E-state index contributed by atoms with van der Waals surface area (Å²) in [6.07, 6.45) is 0. The molecule has 90 valence electrons. The molecule has 0 heterocycles. The fourth-order valence-corrected chi connectivity index (χ4v) is 1.47. The molecule has 0 bridgehead atoms. The zero-order valence-corrected chi connectivity index (χ0v) is 9.18. The van der Waals surface area contributed by atoms with Gasteiger partial charge in [0.2, 0.25) is 5.91 Å². The predicted octanol–water partition coefficient (Wildman–Crippen LogP) is 1.56. The Hall–Kier alpha value is -2.44. The average Bonchev–Trinajstić information content (AvgIpc) is 2.15. The third-order valence-electron chi connectivity index (χ3n) is 2.16. The Morgan fingerprint density at radius 3 is 2.41 bits per heavy atom. The Labute approximate surface area is 96.2 Å². The van der Waals surface area contributed by atoms with E-state index < -0.39 is 16.8 Å². The smallest absolute Gasteiger partial charge is 0.338 e. The van der Waals surface area contributed by atoms with Crippen molar-refractivity contribution in [3.8, 4) is 0 Å². The van der Waals surface area contributed by atoms with E-state index in [0.717, 1.165) is 6.07 Å². The van der Waals surface area contributed by atoms with Crippen molar-refractivity contribution in [3.05, 3.63) is 33.4 Å². The number of nitrogens with zero attached hydrogens (tertiary/aromatic N) is 1. The molecule has 7 nitrogen and oxygen atoms in total. The van der Waals surface area contributed by atoms with Crippen molar-refractivity contribution in [2.75, 3.05) is 5.32 Å². The summed E-state index contributed by atoms with van der Waals surface area (Å²) in [5.74, 6) is -1.77. The summed E-state index contributed by atoms with van der Waals surface area (Å²) in [5, 5.41) is 22.0. The molecule has 0 saturated carbocycles. The van der Waals surface area contributed by atoms with Crippen LogP contribution in [0.1, 0.15) is 22.8 Å². The summed E-state index contributed by atoms with van der Waals surface area (Å²) in [4.78, 5) is 31.9. The van der Waals surface area contributed by atoms with Crippen molar-refractivity contribution in [1.29, 1.82) is 0 Å². The van der Waals surface area contributed by atoms with Crippen LogP contribution < -0.4 is 5.32 Å². The van der Waals surface area contributed by atoms with E-state index in [0.29, 0.717) is 0 Å². The number of carboxylic acids is 1. The molecule has 1 rings (SSSR count). The molecule has 0 saturated heterocycles. The molecule has 0 atom stereocenters. The average molecular weight is 238 g/mol. The second-order valence-corrected chi connectivity index (χ2v) is 3.38. The zero-order chi connectivity index (χ0) is 13.2. The molecule has 0 fully saturated rings. The number of aromatic carboxylic acids is 1. The van der Waals surface area contributed by atoms with Gasteiger partial charge in [0.05, 0.1) is 16.2 Å². The van der Waals surface area contributed by atoms with Crippen LogP contribution in [0.2, 0.25) is 0 Å². The van der Waals surface area contributed by atoms with Gasteiger partial charge in [-0.15, -0.1) is 0 Å². The Morgan fingerprint density at radius 1 is 1.41 bits per heavy atom. The SMILES string of the molecule is CC(=O)Nc1ccc([N+](=O)[O-])c(C)c1C(=O)O. The van der Waals surface area contributed by atoms with Crippen molar-refractivity contribution in [2.24, 2.45) is 0 Å². The molecular weight excluding hydrogens is 228 g/mol. The molecular formula is C10H10N2O5. The Morgan fingerprint density at radius 2 is 2.00 bits per heavy atom. The number of carbonyl (C=O) groups excluding carboxylic acids is 1. The summed E-state index contributed by atoms with van der Waals surface area (Å²) in [6.45, 7) is 2.55. The summed E-state index contributed by atoms with van der Waals surface area (Å²) in [6, 6.07) is 2.36. The monoisotopic (exact) mass is 238 g/mol. The van der Waals surface area contributed by atoms with Crippen LogP contribution in [0.5, 0.6) is 0 Å². The molecule has 0 unspecified atom stereocenters. The van der Waals surface area contributed by atoms with Crippen molar-refractivity contribution in [1.82, 2.24) is 0 Å². The fraction of sp³-hybridized carbons (Fsp3) is 0.200. The molecule has 1 aromatic carbocycles. The van der Waals surface area contributed by atoms with Crippen LogP contribution >= 0.6 is 0 Å². The van der Waals surface area contributed by atoms with E-state index in [-0.39, 0.29) is 22.5 Å². The van der Waals surface area contributed by atoms with Gasteiger partial charge in [-0.2, -0.15) is 0 Å². The first kappa shape index (κ1) is 12.6. The number of nitro benzene ring substituents is 1. The largest absolute Gasteiger partial charge is 0.478 e. The Balaban J connectivity index is 3.44. The van der Waals surface area contributed by atoms with Crippen LogP contribution in [-0.4, -0.2) is 21.9 Å². The number of nitro groups is 1. The number of rotatable bonds is 3. The first-order valence-corrected chi connectivity index (χ1v) is 4.63. The highest BCUT2D eigenvalue weighted by Crippen LogP contribution is 2.28. The number of amides is 1. The molecule has 0 spiro atoms. The maximum absolute atomic E-state index is 11.0. The van der Waals surface area contributed by atoms with Crippen molar-refractivity contribution >= 4 is 23.3 Å². The van der Waals surface area contributed by atoms with Crippen LogP contribution in [-0.2, 0) is 4.79 Å². The van der Waals surface area contributed by atoms with Crippen molar-refractivity contribution in [3.63, 3.8) is 0 Å². The highest BCUT2D eigenvalue weighted by atomic mass is 16.6. The van der Waals surface area contributed by atoms with Gasteiger partial charge in [0, 0.05) is 18.6 Å². The van der Waals surface area contributed by atoms with Gasteiger partial charge in [0.15, 0.2) is 0 Å². The number of nitrogens with one attached hydrogen (secondary N) is 1. The molecule has 0 aliphatic rings. The van der Waals surface area contributed by atoms with Crippen LogP contribution in [0.3, 0.4) is 0 Å². The van der Waals surface area contributed by atoms with E-state index in [9.17, 15) is 19.7 Å². The minimum Gasteiger partial charge on any atom is -0.478 e. The lowest BCUT2D eigenvalue weighted by Gasteiger charge is -2.09. The van der Waals surface area contributed by atoms with Crippen LogP contribution in [0.15, 0.2) is 12.1 Å². The van der Waals surface area contributed by atoms with Crippen LogP contribution in [0.4, 0.5) is 11.4 Å². The van der Waals surface area contributed by atoms with Crippen molar-refractivity contribution in [2.45, 2.75) is 13.8 Å². The van der Waals surface area contributed by atoms with E-state index >= 15 is 0 Å². The van der Waals surface area contributed by atoms with Crippen LogP contribution in [0, 0.1) is 17.0 Å². The maximum atomic E-state index is 11.0. The third kappa shape index (κ3) is 2.57. The number of anilines is 1. The molecule has 0 aliphatic heterocycles. The van der Waals surface area contributed by atoms with E-state index in [2.05, 4.69) is 5.32 Å². The minimum atomic E-state index is -1.32. The van der Waals surface area contributed by atoms with Gasteiger partial charge in [-0.25, -0.2) is 4.79 Å². The second-order valence-electron chi connectivity index (χ2n) is 3.38. The normalized spacial score (nSPS) is 9.76. The molecule has 0 radical (unpaired) electrons. The maximum Gasteiger partial charge on any atom is 0.338 e. The zero-order valence-electron chi connectivity index (χ0n) is 9.18. The molecule has 1 aromatic rings. The predicted molar refractivity (Wildman–Crippen MR) is 59.1 cm³/mol. The summed E-state index contributed by atoms with van der Waals surface area (Å²) < 4.78 is 0. The minimum absolute atomic E-state index is 0.00810. The molecule has 0 aromatic heterocycles. The van der Waals surface area contributed by atoms with Gasteiger partial charge in [0.1, 0.15) is 0 Å². The van der Waals surface area contributed by atoms with E-state index in [1.54, 1.807) is 0 Å². The molecule has 1 amide bonds. The van der Waals surface area contributed by atoms with Gasteiger partial charge in [-0.1, -0.05) is 0 Å². The number of carbonyl (C=O) groups is 2. The molecule has 0 aliphatic carbocycles. The Bertz CT molecular complexity index is 510. The van der Waals surface area contributed by atoms with Crippen LogP contribution in [0.25, 0.3) is 0 Å². The Kier molecular flexibility index (Phi) is 3.42. The quantitative estimate of drug-likeness (QED) is 0.613. The molecule has 7 heteroatoms. The van der Waals surface area contributed by atoms with Gasteiger partial charge >= 0.3 is 5.97 Å². The first-order valence-electron chi connectivity index (χ1n) is 4.63. The number of hydrogen-bond acceptors (Lipinski definition) is 4. The third-order valence-corrected chi connectivity index (χ3v) is 2.16. The number of hydrogen-bond donors (Lipinski definition) is 2. The highest BCUT2D eigenvalue weighted by Gasteiger charge is 2.22.